The molecule has 1 aromatic rings. The number of carbonyl (C=O) groups is 1. The molecule has 17 heavy (non-hydrogen) atoms. The summed E-state index contributed by atoms with van der Waals surface area (Å²) in [5.41, 5.74) is 1.39. The molecule has 1 aromatic heterocycles. The average molecular weight is 254 g/mol. The summed E-state index contributed by atoms with van der Waals surface area (Å²) in [4.78, 5) is 14.9. The van der Waals surface area contributed by atoms with Crippen LogP contribution < -0.4 is 0 Å². The van der Waals surface area contributed by atoms with Crippen molar-refractivity contribution in [2.24, 2.45) is 11.3 Å². The first-order valence-electron chi connectivity index (χ1n) is 5.77. The van der Waals surface area contributed by atoms with Gasteiger partial charge in [-0.2, -0.15) is 0 Å². The highest BCUT2D eigenvalue weighted by atomic mass is 32.2. The largest absolute Gasteiger partial charge is 0.481 e. The monoisotopic (exact) mass is 254 g/mol. The van der Waals surface area contributed by atoms with Gasteiger partial charge in [0.25, 0.3) is 0 Å². The van der Waals surface area contributed by atoms with Crippen molar-refractivity contribution in [2.75, 3.05) is 5.75 Å². The van der Waals surface area contributed by atoms with Gasteiger partial charge in [0.2, 0.25) is 0 Å². The van der Waals surface area contributed by atoms with Crippen molar-refractivity contribution in [3.05, 3.63) is 11.9 Å². The van der Waals surface area contributed by atoms with Gasteiger partial charge in [-0.3, -0.25) is 4.79 Å². The normalized spacial score (nSPS) is 21.5. The second-order valence-electron chi connectivity index (χ2n) is 5.39. The number of nitrogens with zero attached hydrogens (tertiary/aromatic N) is 2. The quantitative estimate of drug-likeness (QED) is 0.820. The third-order valence-electron chi connectivity index (χ3n) is 3.32. The third-order valence-corrected chi connectivity index (χ3v) is 4.30. The second kappa shape index (κ2) is 4.37. The van der Waals surface area contributed by atoms with E-state index in [0.717, 1.165) is 17.4 Å². The molecular weight excluding hydrogens is 236 g/mol. The summed E-state index contributed by atoms with van der Waals surface area (Å²) < 4.78 is 2.10. The highest BCUT2D eigenvalue weighted by Gasteiger charge is 2.45. The molecule has 2 rings (SSSR count). The molecule has 94 valence electrons. The molecule has 1 aliphatic rings. The fraction of sp³-hybridized carbons (Fsp3) is 0.667. The zero-order valence-corrected chi connectivity index (χ0v) is 11.3. The van der Waals surface area contributed by atoms with E-state index in [9.17, 15) is 4.79 Å². The first-order valence-corrected chi connectivity index (χ1v) is 6.75. The van der Waals surface area contributed by atoms with E-state index in [0.29, 0.717) is 11.3 Å². The minimum atomic E-state index is -0.797. The Labute approximate surface area is 105 Å². The Kier molecular flexibility index (Phi) is 3.21. The summed E-state index contributed by atoms with van der Waals surface area (Å²) >= 11 is 1.30. The minimum Gasteiger partial charge on any atom is -0.481 e. The topological polar surface area (TPSA) is 55.1 Å². The molecule has 1 unspecified atom stereocenters. The number of hydrogen-bond acceptors (Lipinski definition) is 3. The maximum absolute atomic E-state index is 10.6. The molecule has 1 saturated carbocycles. The number of carboxylic acid groups (broad SMARTS) is 1. The van der Waals surface area contributed by atoms with Gasteiger partial charge in [-0.15, -0.1) is 0 Å². The predicted octanol–water partition coefficient (Wildman–Crippen LogP) is 2.41. The summed E-state index contributed by atoms with van der Waals surface area (Å²) in [5, 5.41) is 9.52. The van der Waals surface area contributed by atoms with Crippen molar-refractivity contribution in [2.45, 2.75) is 38.9 Å². The smallest absolute Gasteiger partial charge is 0.313 e. The molecule has 0 amide bonds. The lowest BCUT2D eigenvalue weighted by molar-refractivity contribution is -0.133. The van der Waals surface area contributed by atoms with Crippen molar-refractivity contribution in [3.63, 3.8) is 0 Å². The molecule has 1 aliphatic carbocycles. The maximum Gasteiger partial charge on any atom is 0.313 e. The molecule has 0 spiro atoms. The Bertz CT molecular complexity index is 440. The van der Waals surface area contributed by atoms with Crippen LogP contribution in [0.3, 0.4) is 0 Å². The highest BCUT2D eigenvalue weighted by molar-refractivity contribution is 7.99. The molecule has 0 saturated heterocycles. The van der Waals surface area contributed by atoms with Gasteiger partial charge in [0.05, 0.1) is 11.4 Å². The lowest BCUT2D eigenvalue weighted by Crippen LogP contribution is -2.06. The van der Waals surface area contributed by atoms with Crippen LogP contribution >= 0.6 is 11.8 Å². The molecular formula is C12H18N2O2S. The van der Waals surface area contributed by atoms with Gasteiger partial charge in [0, 0.05) is 12.7 Å². The molecule has 0 aliphatic heterocycles. The SMILES string of the molecule is Cc1cn(CC2CC2(C)C)c(SCC(=O)O)n1. The lowest BCUT2D eigenvalue weighted by Gasteiger charge is -2.07. The number of thioether (sulfide) groups is 1. The fourth-order valence-corrected chi connectivity index (χ4v) is 2.78. The van der Waals surface area contributed by atoms with Crippen molar-refractivity contribution in [3.8, 4) is 0 Å². The van der Waals surface area contributed by atoms with E-state index in [1.54, 1.807) is 0 Å². The summed E-state index contributed by atoms with van der Waals surface area (Å²) in [6, 6.07) is 0. The number of aliphatic carboxylic acids is 1. The first-order chi connectivity index (χ1) is 7.88. The third kappa shape index (κ3) is 3.03. The Hall–Kier alpha value is -0.970. The van der Waals surface area contributed by atoms with E-state index in [-0.39, 0.29) is 5.75 Å². The van der Waals surface area contributed by atoms with Crippen LogP contribution in [0.1, 0.15) is 26.0 Å². The predicted molar refractivity (Wildman–Crippen MR) is 67.2 cm³/mol. The van der Waals surface area contributed by atoms with E-state index in [2.05, 4.69) is 23.4 Å². The maximum atomic E-state index is 10.6. The van der Waals surface area contributed by atoms with Crippen LogP contribution in [0.2, 0.25) is 0 Å². The summed E-state index contributed by atoms with van der Waals surface area (Å²) in [7, 11) is 0. The average Bonchev–Trinajstić information content (AvgIpc) is 2.65. The number of imidazole rings is 1. The Balaban J connectivity index is 2.03. The van der Waals surface area contributed by atoms with Crippen LogP contribution in [0.5, 0.6) is 0 Å². The molecule has 1 fully saturated rings. The first kappa shape index (κ1) is 12.5. The van der Waals surface area contributed by atoms with E-state index < -0.39 is 5.97 Å². The lowest BCUT2D eigenvalue weighted by atomic mass is 10.1. The van der Waals surface area contributed by atoms with Crippen molar-refractivity contribution in [1.82, 2.24) is 9.55 Å². The number of carboxylic acids is 1. The molecule has 1 N–H and O–H groups in total. The Morgan fingerprint density at radius 3 is 2.88 bits per heavy atom. The summed E-state index contributed by atoms with van der Waals surface area (Å²) in [6.07, 6.45) is 3.26. The van der Waals surface area contributed by atoms with Crippen LogP contribution in [0, 0.1) is 18.3 Å². The van der Waals surface area contributed by atoms with Gasteiger partial charge in [0.1, 0.15) is 0 Å². The van der Waals surface area contributed by atoms with Crippen LogP contribution in [0.25, 0.3) is 0 Å². The van der Waals surface area contributed by atoms with Crippen LogP contribution in [-0.4, -0.2) is 26.4 Å². The zero-order chi connectivity index (χ0) is 12.6. The van der Waals surface area contributed by atoms with Gasteiger partial charge in [-0.05, 0) is 24.7 Å². The second-order valence-corrected chi connectivity index (χ2v) is 6.33. The number of hydrogen-bond donors (Lipinski definition) is 1. The molecule has 5 heteroatoms. The van der Waals surface area contributed by atoms with Gasteiger partial charge in [0.15, 0.2) is 5.16 Å². The van der Waals surface area contributed by atoms with Crippen LogP contribution in [0.4, 0.5) is 0 Å². The number of aryl methyl sites for hydroxylation is 1. The molecule has 0 aromatic carbocycles. The number of rotatable bonds is 5. The van der Waals surface area contributed by atoms with Gasteiger partial charge >= 0.3 is 5.97 Å². The van der Waals surface area contributed by atoms with Gasteiger partial charge in [-0.25, -0.2) is 4.98 Å². The van der Waals surface area contributed by atoms with E-state index in [1.807, 2.05) is 13.1 Å². The Morgan fingerprint density at radius 1 is 1.71 bits per heavy atom. The molecule has 1 heterocycles. The number of aromatic nitrogens is 2. The van der Waals surface area contributed by atoms with Crippen LogP contribution in [0.15, 0.2) is 11.4 Å². The molecule has 1 atom stereocenters. The van der Waals surface area contributed by atoms with Gasteiger partial charge < -0.3 is 9.67 Å². The highest BCUT2D eigenvalue weighted by Crippen LogP contribution is 2.52. The fourth-order valence-electron chi connectivity index (χ4n) is 2.02. The summed E-state index contributed by atoms with van der Waals surface area (Å²) in [6.45, 7) is 7.44. The zero-order valence-electron chi connectivity index (χ0n) is 10.4. The standard InChI is InChI=1S/C12H18N2O2S/c1-8-5-14(6-9-4-12(9,2)3)11(13-8)17-7-10(15)16/h5,9H,4,6-7H2,1-3H3,(H,15,16). The van der Waals surface area contributed by atoms with E-state index >= 15 is 0 Å². The molecule has 4 nitrogen and oxygen atoms in total. The van der Waals surface area contributed by atoms with E-state index in [4.69, 9.17) is 5.11 Å². The Morgan fingerprint density at radius 2 is 2.35 bits per heavy atom. The molecule has 0 bridgehead atoms. The van der Waals surface area contributed by atoms with E-state index in [1.165, 1.54) is 18.2 Å². The van der Waals surface area contributed by atoms with Crippen molar-refractivity contribution in [1.29, 1.82) is 0 Å². The molecule has 0 radical (unpaired) electrons. The summed E-state index contributed by atoms with van der Waals surface area (Å²) in [5.74, 6) is -0.0286. The van der Waals surface area contributed by atoms with Crippen molar-refractivity contribution < 1.29 is 9.90 Å². The van der Waals surface area contributed by atoms with Gasteiger partial charge in [-0.1, -0.05) is 25.6 Å². The minimum absolute atomic E-state index is 0.0739. The van der Waals surface area contributed by atoms with Crippen molar-refractivity contribution >= 4 is 17.7 Å². The van der Waals surface area contributed by atoms with Crippen LogP contribution in [-0.2, 0) is 11.3 Å².